The lowest BCUT2D eigenvalue weighted by molar-refractivity contribution is -0.144. The van der Waals surface area contributed by atoms with Crippen LogP contribution in [0.15, 0.2) is 30.3 Å². The molecule has 0 spiro atoms. The highest BCUT2D eigenvalue weighted by Gasteiger charge is 2.37. The van der Waals surface area contributed by atoms with Gasteiger partial charge in [-0.1, -0.05) is 26.8 Å². The maximum absolute atomic E-state index is 12.1. The molecule has 0 bridgehead atoms. The molecule has 1 aliphatic heterocycles. The lowest BCUT2D eigenvalue weighted by Gasteiger charge is -2.33. The standard InChI is InChI=1S/C21H23N3O4/c1-20(2,3)17(18(25)26)24-13(11-22)7-9-16(24)12-6-8-15-14(10-12)21(4,5)28-19(27)23-15/h6-10,17H,1-5H3,(H,23,27)(H,25,26). The van der Waals surface area contributed by atoms with Gasteiger partial charge in [-0.2, -0.15) is 5.26 Å². The Balaban J connectivity index is 2.22. The molecular formula is C21H23N3O4. The van der Waals surface area contributed by atoms with E-state index >= 15 is 0 Å². The number of fused-ring (bicyclic) bond motifs is 1. The van der Waals surface area contributed by atoms with Gasteiger partial charge in [0, 0.05) is 11.3 Å². The van der Waals surface area contributed by atoms with Gasteiger partial charge >= 0.3 is 12.1 Å². The van der Waals surface area contributed by atoms with Crippen LogP contribution in [0.25, 0.3) is 11.3 Å². The molecule has 146 valence electrons. The van der Waals surface area contributed by atoms with Crippen molar-refractivity contribution >= 4 is 17.7 Å². The van der Waals surface area contributed by atoms with Crippen LogP contribution in [0.1, 0.15) is 51.9 Å². The molecule has 3 rings (SSSR count). The molecule has 2 aromatic rings. The van der Waals surface area contributed by atoms with Crippen LogP contribution in [0, 0.1) is 16.7 Å². The Morgan fingerprint density at radius 2 is 1.96 bits per heavy atom. The van der Waals surface area contributed by atoms with Crippen LogP contribution in [0.3, 0.4) is 0 Å². The molecule has 0 saturated carbocycles. The summed E-state index contributed by atoms with van der Waals surface area (Å²) < 4.78 is 6.95. The van der Waals surface area contributed by atoms with Crippen molar-refractivity contribution in [3.05, 3.63) is 41.6 Å². The summed E-state index contributed by atoms with van der Waals surface area (Å²) in [6.07, 6.45) is -0.515. The minimum Gasteiger partial charge on any atom is -0.480 e. The third-order valence-electron chi connectivity index (χ3n) is 4.89. The van der Waals surface area contributed by atoms with E-state index in [1.54, 1.807) is 42.7 Å². The summed E-state index contributed by atoms with van der Waals surface area (Å²) in [5, 5.41) is 22.1. The topological polar surface area (TPSA) is 104 Å². The Morgan fingerprint density at radius 1 is 1.29 bits per heavy atom. The molecule has 2 N–H and O–H groups in total. The van der Waals surface area contributed by atoms with E-state index in [0.29, 0.717) is 11.4 Å². The number of aliphatic carboxylic acids is 1. The van der Waals surface area contributed by atoms with Crippen LogP contribution < -0.4 is 5.32 Å². The summed E-state index contributed by atoms with van der Waals surface area (Å²) in [6.45, 7) is 9.08. The van der Waals surface area contributed by atoms with Crippen LogP contribution in [0.4, 0.5) is 10.5 Å². The van der Waals surface area contributed by atoms with E-state index in [1.807, 2.05) is 26.8 Å². The molecule has 7 nitrogen and oxygen atoms in total. The van der Waals surface area contributed by atoms with Gasteiger partial charge in [0.05, 0.1) is 5.69 Å². The van der Waals surface area contributed by atoms with Gasteiger partial charge in [0.2, 0.25) is 0 Å². The van der Waals surface area contributed by atoms with Crippen LogP contribution in [0.5, 0.6) is 0 Å². The number of nitrogens with zero attached hydrogens (tertiary/aromatic N) is 2. The Hall–Kier alpha value is -3.27. The number of carbonyl (C=O) groups excluding carboxylic acids is 1. The monoisotopic (exact) mass is 381 g/mol. The average molecular weight is 381 g/mol. The minimum atomic E-state index is -1.00. The molecule has 1 aliphatic rings. The number of nitrogens with one attached hydrogen (secondary N) is 1. The zero-order valence-corrected chi connectivity index (χ0v) is 16.5. The minimum absolute atomic E-state index is 0.277. The lowest BCUT2D eigenvalue weighted by Crippen LogP contribution is -2.35. The first kappa shape index (κ1) is 19.5. The van der Waals surface area contributed by atoms with Gasteiger partial charge in [0.1, 0.15) is 23.4 Å². The van der Waals surface area contributed by atoms with Gasteiger partial charge in [-0.25, -0.2) is 9.59 Å². The molecule has 2 heterocycles. The maximum atomic E-state index is 12.1. The van der Waals surface area contributed by atoms with Crippen molar-refractivity contribution in [1.82, 2.24) is 4.57 Å². The molecule has 7 heteroatoms. The van der Waals surface area contributed by atoms with Gasteiger partial charge in [0.25, 0.3) is 0 Å². The number of hydrogen-bond donors (Lipinski definition) is 2. The van der Waals surface area contributed by atoms with E-state index in [-0.39, 0.29) is 5.69 Å². The first-order valence-corrected chi connectivity index (χ1v) is 8.95. The highest BCUT2D eigenvalue weighted by atomic mass is 16.6. The average Bonchev–Trinajstić information content (AvgIpc) is 2.95. The molecule has 28 heavy (non-hydrogen) atoms. The molecule has 1 atom stereocenters. The van der Waals surface area contributed by atoms with Crippen molar-refractivity contribution in [3.63, 3.8) is 0 Å². The van der Waals surface area contributed by atoms with Gasteiger partial charge in [-0.3, -0.25) is 5.32 Å². The van der Waals surface area contributed by atoms with E-state index in [9.17, 15) is 20.0 Å². The molecular weight excluding hydrogens is 358 g/mol. The second-order valence-corrected chi connectivity index (χ2v) is 8.48. The van der Waals surface area contributed by atoms with E-state index in [4.69, 9.17) is 4.74 Å². The van der Waals surface area contributed by atoms with Crippen LogP contribution in [0.2, 0.25) is 0 Å². The number of carbonyl (C=O) groups is 2. The molecule has 0 fully saturated rings. The SMILES string of the molecule is CC1(C)OC(=O)Nc2ccc(-c3ccc(C#N)n3C(C(=O)O)C(C)(C)C)cc21. The second-order valence-electron chi connectivity index (χ2n) is 8.48. The van der Waals surface area contributed by atoms with Crippen LogP contribution in [-0.4, -0.2) is 21.7 Å². The normalized spacial score (nSPS) is 16.4. The van der Waals surface area contributed by atoms with E-state index in [0.717, 1.165) is 11.1 Å². The smallest absolute Gasteiger partial charge is 0.412 e. The molecule has 1 aromatic carbocycles. The Kier molecular flexibility index (Phi) is 4.46. The van der Waals surface area contributed by atoms with Crippen LogP contribution in [-0.2, 0) is 15.1 Å². The quantitative estimate of drug-likeness (QED) is 0.815. The van der Waals surface area contributed by atoms with Gasteiger partial charge in [-0.05, 0) is 49.1 Å². The predicted molar refractivity (Wildman–Crippen MR) is 104 cm³/mol. The van der Waals surface area contributed by atoms with E-state index in [2.05, 4.69) is 11.4 Å². The van der Waals surface area contributed by atoms with Gasteiger partial charge < -0.3 is 14.4 Å². The molecule has 0 radical (unpaired) electrons. The van der Waals surface area contributed by atoms with E-state index < -0.39 is 29.1 Å². The number of aromatic nitrogens is 1. The number of cyclic esters (lactones) is 1. The number of carboxylic acids is 1. The number of amides is 1. The summed E-state index contributed by atoms with van der Waals surface area (Å²) in [6, 6.07) is 9.98. The number of nitriles is 1. The summed E-state index contributed by atoms with van der Waals surface area (Å²) in [5.74, 6) is -1.00. The molecule has 0 aliphatic carbocycles. The molecule has 0 saturated heterocycles. The van der Waals surface area contributed by atoms with Gasteiger partial charge in [0.15, 0.2) is 0 Å². The highest BCUT2D eigenvalue weighted by molar-refractivity contribution is 5.89. The largest absolute Gasteiger partial charge is 0.480 e. The fourth-order valence-electron chi connectivity index (χ4n) is 3.65. The molecule has 1 amide bonds. The summed E-state index contributed by atoms with van der Waals surface area (Å²) in [5.41, 5.74) is 1.61. The van der Waals surface area contributed by atoms with Crippen molar-refractivity contribution in [2.45, 2.75) is 46.3 Å². The molecule has 1 unspecified atom stereocenters. The fraction of sp³-hybridized carbons (Fsp3) is 0.381. The third-order valence-corrected chi connectivity index (χ3v) is 4.89. The Morgan fingerprint density at radius 3 is 2.54 bits per heavy atom. The zero-order chi connectivity index (χ0) is 20.9. The first-order chi connectivity index (χ1) is 13.0. The Bertz CT molecular complexity index is 1010. The van der Waals surface area contributed by atoms with Crippen molar-refractivity contribution < 1.29 is 19.4 Å². The number of rotatable bonds is 3. The van der Waals surface area contributed by atoms with Crippen LogP contribution >= 0.6 is 0 Å². The highest BCUT2D eigenvalue weighted by Crippen LogP contribution is 2.41. The fourth-order valence-corrected chi connectivity index (χ4v) is 3.65. The van der Waals surface area contributed by atoms with E-state index in [1.165, 1.54) is 0 Å². The Labute approximate surface area is 163 Å². The van der Waals surface area contributed by atoms with Crippen molar-refractivity contribution in [1.29, 1.82) is 5.26 Å². The number of ether oxygens (including phenoxy) is 1. The summed E-state index contributed by atoms with van der Waals surface area (Å²) >= 11 is 0. The zero-order valence-electron chi connectivity index (χ0n) is 16.5. The molecule has 1 aromatic heterocycles. The maximum Gasteiger partial charge on any atom is 0.412 e. The third kappa shape index (κ3) is 3.22. The van der Waals surface area contributed by atoms with Crippen molar-refractivity contribution in [3.8, 4) is 17.3 Å². The predicted octanol–water partition coefficient (Wildman–Crippen LogP) is 4.50. The first-order valence-electron chi connectivity index (χ1n) is 8.95. The van der Waals surface area contributed by atoms with Crippen molar-refractivity contribution in [2.24, 2.45) is 5.41 Å². The van der Waals surface area contributed by atoms with Gasteiger partial charge in [-0.15, -0.1) is 0 Å². The number of anilines is 1. The summed E-state index contributed by atoms with van der Waals surface area (Å²) in [7, 11) is 0. The number of benzene rings is 1. The lowest BCUT2D eigenvalue weighted by atomic mass is 9.86. The van der Waals surface area contributed by atoms with Crippen molar-refractivity contribution in [2.75, 3.05) is 5.32 Å². The summed E-state index contributed by atoms with van der Waals surface area (Å²) in [4.78, 5) is 23.8. The number of carboxylic acid groups (broad SMARTS) is 1. The number of hydrogen-bond acceptors (Lipinski definition) is 4. The second kappa shape index (κ2) is 6.41.